The average Bonchev–Trinajstić information content (AvgIpc) is 2.63. The van der Waals surface area contributed by atoms with Gasteiger partial charge >= 0.3 is 0 Å². The van der Waals surface area contributed by atoms with Crippen LogP contribution in [0.5, 0.6) is 17.2 Å². The minimum absolute atomic E-state index is 0.488. The van der Waals surface area contributed by atoms with Crippen molar-refractivity contribution in [3.05, 3.63) is 53.6 Å². The van der Waals surface area contributed by atoms with E-state index >= 15 is 0 Å². The summed E-state index contributed by atoms with van der Waals surface area (Å²) in [5, 5.41) is 3.43. The van der Waals surface area contributed by atoms with Crippen molar-refractivity contribution in [3.8, 4) is 17.2 Å². The number of para-hydroxylation sites is 1. The van der Waals surface area contributed by atoms with Gasteiger partial charge in [0.05, 0.1) is 20.8 Å². The molecule has 2 aromatic rings. The van der Waals surface area contributed by atoms with Gasteiger partial charge in [-0.1, -0.05) is 24.3 Å². The number of hydrogen-bond acceptors (Lipinski definition) is 5. The molecule has 1 N–H and O–H groups in total. The van der Waals surface area contributed by atoms with Gasteiger partial charge in [0.1, 0.15) is 12.4 Å². The minimum Gasteiger partial charge on any atom is -0.497 e. The van der Waals surface area contributed by atoms with Crippen LogP contribution in [0.3, 0.4) is 0 Å². The van der Waals surface area contributed by atoms with Crippen LogP contribution in [0.4, 0.5) is 0 Å². The lowest BCUT2D eigenvalue weighted by Gasteiger charge is -2.15. The molecule has 0 heterocycles. The molecule has 0 saturated carbocycles. The second kappa shape index (κ2) is 9.80. The van der Waals surface area contributed by atoms with E-state index in [4.69, 9.17) is 18.9 Å². The molecule has 24 heavy (non-hydrogen) atoms. The first-order valence-electron chi connectivity index (χ1n) is 7.89. The van der Waals surface area contributed by atoms with Crippen LogP contribution in [-0.2, 0) is 17.8 Å². The number of nitrogens with one attached hydrogen (secondary N) is 1. The molecule has 130 valence electrons. The Morgan fingerprint density at radius 2 is 1.62 bits per heavy atom. The second-order valence-corrected chi connectivity index (χ2v) is 5.24. The third kappa shape index (κ3) is 5.15. The molecule has 0 amide bonds. The molecule has 0 bridgehead atoms. The van der Waals surface area contributed by atoms with Crippen LogP contribution in [0.2, 0.25) is 0 Å². The largest absolute Gasteiger partial charge is 0.497 e. The summed E-state index contributed by atoms with van der Waals surface area (Å²) in [6.45, 7) is 2.48. The van der Waals surface area contributed by atoms with Crippen molar-refractivity contribution in [1.29, 1.82) is 0 Å². The van der Waals surface area contributed by atoms with E-state index in [-0.39, 0.29) is 0 Å². The van der Waals surface area contributed by atoms with E-state index in [9.17, 15) is 0 Å². The molecule has 0 saturated heterocycles. The summed E-state index contributed by atoms with van der Waals surface area (Å²) in [5.74, 6) is 2.36. The highest BCUT2D eigenvalue weighted by atomic mass is 16.5. The van der Waals surface area contributed by atoms with Crippen molar-refractivity contribution < 1.29 is 18.9 Å². The Balaban J connectivity index is 1.97. The fourth-order valence-corrected chi connectivity index (χ4v) is 2.34. The Labute approximate surface area is 143 Å². The molecule has 0 aliphatic carbocycles. The van der Waals surface area contributed by atoms with Gasteiger partial charge in [0, 0.05) is 25.8 Å². The van der Waals surface area contributed by atoms with Crippen molar-refractivity contribution >= 4 is 0 Å². The molecule has 0 fully saturated rings. The van der Waals surface area contributed by atoms with E-state index in [1.807, 2.05) is 42.5 Å². The maximum absolute atomic E-state index is 5.83. The maximum atomic E-state index is 5.83. The fraction of sp³-hybridized carbons (Fsp3) is 0.368. The molecule has 2 aromatic carbocycles. The second-order valence-electron chi connectivity index (χ2n) is 5.24. The van der Waals surface area contributed by atoms with Crippen LogP contribution in [0.15, 0.2) is 42.5 Å². The molecule has 0 aliphatic rings. The first-order valence-corrected chi connectivity index (χ1v) is 7.89. The predicted octanol–water partition coefficient (Wildman–Crippen LogP) is 3.02. The first-order chi connectivity index (χ1) is 11.8. The van der Waals surface area contributed by atoms with Crippen molar-refractivity contribution in [2.75, 3.05) is 34.5 Å². The lowest BCUT2D eigenvalue weighted by Crippen LogP contribution is -2.15. The maximum Gasteiger partial charge on any atom is 0.165 e. The number of rotatable bonds is 10. The summed E-state index contributed by atoms with van der Waals surface area (Å²) in [7, 11) is 4.97. The van der Waals surface area contributed by atoms with Gasteiger partial charge in [-0.3, -0.25) is 0 Å². The zero-order valence-electron chi connectivity index (χ0n) is 14.5. The van der Waals surface area contributed by atoms with Crippen molar-refractivity contribution in [1.82, 2.24) is 5.32 Å². The summed E-state index contributed by atoms with van der Waals surface area (Å²) in [4.78, 5) is 0. The van der Waals surface area contributed by atoms with Gasteiger partial charge in [-0.25, -0.2) is 0 Å². The van der Waals surface area contributed by atoms with Gasteiger partial charge in [-0.15, -0.1) is 0 Å². The zero-order chi connectivity index (χ0) is 17.2. The fourth-order valence-electron chi connectivity index (χ4n) is 2.34. The van der Waals surface area contributed by atoms with Crippen LogP contribution in [-0.4, -0.2) is 34.5 Å². The highest BCUT2D eigenvalue weighted by Gasteiger charge is 2.10. The van der Waals surface area contributed by atoms with Crippen molar-refractivity contribution in [3.63, 3.8) is 0 Å². The standard InChI is InChI=1S/C19H25NO4/c1-21-11-12-24-19-16(5-4-6-18(19)23-3)14-20-13-15-7-9-17(22-2)10-8-15/h4-10,20H,11-14H2,1-3H3. The van der Waals surface area contributed by atoms with Gasteiger partial charge in [-0.2, -0.15) is 0 Å². The monoisotopic (exact) mass is 331 g/mol. The van der Waals surface area contributed by atoms with Crippen LogP contribution < -0.4 is 19.5 Å². The number of benzene rings is 2. The molecule has 0 aliphatic heterocycles. The van der Waals surface area contributed by atoms with Gasteiger partial charge in [0.15, 0.2) is 11.5 Å². The van der Waals surface area contributed by atoms with Crippen molar-refractivity contribution in [2.24, 2.45) is 0 Å². The molecule has 0 radical (unpaired) electrons. The van der Waals surface area contributed by atoms with E-state index in [0.29, 0.717) is 19.8 Å². The third-order valence-corrected chi connectivity index (χ3v) is 3.62. The Hall–Kier alpha value is -2.24. The SMILES string of the molecule is COCCOc1c(CNCc2ccc(OC)cc2)cccc1OC. The summed E-state index contributed by atoms with van der Waals surface area (Å²) in [6.07, 6.45) is 0. The van der Waals surface area contributed by atoms with Gasteiger partial charge in [0.2, 0.25) is 0 Å². The van der Waals surface area contributed by atoms with E-state index in [1.54, 1.807) is 21.3 Å². The third-order valence-electron chi connectivity index (χ3n) is 3.62. The van der Waals surface area contributed by atoms with E-state index in [0.717, 1.165) is 29.4 Å². The molecular weight excluding hydrogens is 306 g/mol. The highest BCUT2D eigenvalue weighted by Crippen LogP contribution is 2.31. The number of methoxy groups -OCH3 is 3. The van der Waals surface area contributed by atoms with E-state index in [2.05, 4.69) is 5.32 Å². The van der Waals surface area contributed by atoms with E-state index in [1.165, 1.54) is 5.56 Å². The molecule has 0 spiro atoms. The summed E-state index contributed by atoms with van der Waals surface area (Å²) >= 11 is 0. The molecule has 2 rings (SSSR count). The van der Waals surface area contributed by atoms with Gasteiger partial charge in [-0.05, 0) is 23.8 Å². The van der Waals surface area contributed by atoms with Crippen LogP contribution in [0.1, 0.15) is 11.1 Å². The minimum atomic E-state index is 0.488. The van der Waals surface area contributed by atoms with E-state index < -0.39 is 0 Å². The Kier molecular flexibility index (Phi) is 7.39. The number of ether oxygens (including phenoxy) is 4. The van der Waals surface area contributed by atoms with Crippen molar-refractivity contribution in [2.45, 2.75) is 13.1 Å². The molecule has 5 heteroatoms. The Morgan fingerprint density at radius 1 is 0.833 bits per heavy atom. The zero-order valence-corrected chi connectivity index (χ0v) is 14.5. The smallest absolute Gasteiger partial charge is 0.165 e. The van der Waals surface area contributed by atoms with Crippen LogP contribution in [0.25, 0.3) is 0 Å². The van der Waals surface area contributed by atoms with Crippen LogP contribution in [0, 0.1) is 0 Å². The highest BCUT2D eigenvalue weighted by molar-refractivity contribution is 5.46. The van der Waals surface area contributed by atoms with Crippen LogP contribution >= 0.6 is 0 Å². The average molecular weight is 331 g/mol. The molecule has 5 nitrogen and oxygen atoms in total. The predicted molar refractivity (Wildman–Crippen MR) is 93.9 cm³/mol. The summed E-state index contributed by atoms with van der Waals surface area (Å²) in [6, 6.07) is 13.9. The number of hydrogen-bond donors (Lipinski definition) is 1. The Bertz CT molecular complexity index is 613. The van der Waals surface area contributed by atoms with Gasteiger partial charge < -0.3 is 24.3 Å². The molecular formula is C19H25NO4. The molecule has 0 unspecified atom stereocenters. The topological polar surface area (TPSA) is 49.0 Å². The molecule has 0 aromatic heterocycles. The van der Waals surface area contributed by atoms with Gasteiger partial charge in [0.25, 0.3) is 0 Å². The molecule has 0 atom stereocenters. The first kappa shape index (κ1) is 18.1. The summed E-state index contributed by atoms with van der Waals surface area (Å²) in [5.41, 5.74) is 2.25. The normalized spacial score (nSPS) is 10.5. The Morgan fingerprint density at radius 3 is 2.29 bits per heavy atom. The summed E-state index contributed by atoms with van der Waals surface area (Å²) < 4.78 is 21.4. The lowest BCUT2D eigenvalue weighted by atomic mass is 10.1. The quantitative estimate of drug-likeness (QED) is 0.678. The lowest BCUT2D eigenvalue weighted by molar-refractivity contribution is 0.143.